The zero-order chi connectivity index (χ0) is 27.5. The van der Waals surface area contributed by atoms with E-state index >= 15 is 0 Å². The molecule has 5 rings (SSSR count). The normalized spacial score (nSPS) is 15.5. The Bertz CT molecular complexity index is 1370. The second-order valence-corrected chi connectivity index (χ2v) is 12.1. The van der Waals surface area contributed by atoms with Crippen LogP contribution in [-0.2, 0) is 4.79 Å². The average Bonchev–Trinajstić information content (AvgIpc) is 3.62. The molecule has 2 saturated heterocycles. The maximum absolute atomic E-state index is 13.4. The van der Waals surface area contributed by atoms with Crippen LogP contribution >= 0.6 is 23.1 Å². The molecule has 1 N–H and O–H groups in total. The molecule has 0 atom stereocenters. The van der Waals surface area contributed by atoms with E-state index in [2.05, 4.69) is 25.2 Å². The Morgan fingerprint density at radius 3 is 2.41 bits per heavy atom. The molecule has 206 valence electrons. The lowest BCUT2D eigenvalue weighted by atomic mass is 10.1. The first-order chi connectivity index (χ1) is 18.8. The maximum atomic E-state index is 13.4. The highest BCUT2D eigenvalue weighted by Crippen LogP contribution is 2.39. The highest BCUT2D eigenvalue weighted by molar-refractivity contribution is 8.01. The minimum Gasteiger partial charge on any atom is -0.496 e. The number of hydrogen-bond donors (Lipinski definition) is 1. The summed E-state index contributed by atoms with van der Waals surface area (Å²) in [7, 11) is 1.58. The molecule has 2 fully saturated rings. The lowest BCUT2D eigenvalue weighted by molar-refractivity contribution is -0.130. The van der Waals surface area contributed by atoms with E-state index < -0.39 is 0 Å². The van der Waals surface area contributed by atoms with Crippen molar-refractivity contribution in [2.45, 2.75) is 42.7 Å². The zero-order valence-electron chi connectivity index (χ0n) is 22.7. The number of piperazine rings is 1. The summed E-state index contributed by atoms with van der Waals surface area (Å²) >= 11 is 3.10. The smallest absolute Gasteiger partial charge is 0.257 e. The van der Waals surface area contributed by atoms with E-state index in [1.807, 2.05) is 38.2 Å². The summed E-state index contributed by atoms with van der Waals surface area (Å²) in [5.74, 6) is 2.90. The van der Waals surface area contributed by atoms with Crippen molar-refractivity contribution in [3.63, 3.8) is 0 Å². The van der Waals surface area contributed by atoms with E-state index in [1.54, 1.807) is 35.6 Å². The fourth-order valence-corrected chi connectivity index (χ4v) is 6.76. The number of ether oxygens (including phenoxy) is 1. The Labute approximate surface area is 236 Å². The molecule has 1 aromatic carbocycles. The van der Waals surface area contributed by atoms with Gasteiger partial charge >= 0.3 is 0 Å². The third kappa shape index (κ3) is 6.27. The van der Waals surface area contributed by atoms with Gasteiger partial charge in [0.1, 0.15) is 23.2 Å². The van der Waals surface area contributed by atoms with Crippen molar-refractivity contribution >= 4 is 51.7 Å². The van der Waals surface area contributed by atoms with Crippen LogP contribution in [0.15, 0.2) is 33.5 Å². The van der Waals surface area contributed by atoms with E-state index in [9.17, 15) is 9.59 Å². The van der Waals surface area contributed by atoms with Gasteiger partial charge in [0.15, 0.2) is 5.13 Å². The Hall–Kier alpha value is -3.38. The van der Waals surface area contributed by atoms with Crippen molar-refractivity contribution < 1.29 is 14.3 Å². The van der Waals surface area contributed by atoms with Gasteiger partial charge in [0.2, 0.25) is 5.91 Å². The number of carbonyl (C=O) groups excluding carboxylic acids is 2. The van der Waals surface area contributed by atoms with E-state index in [0.717, 1.165) is 50.3 Å². The number of aryl methyl sites for hydroxylation is 2. The maximum Gasteiger partial charge on any atom is 0.257 e. The van der Waals surface area contributed by atoms with Crippen LogP contribution < -0.4 is 15.0 Å². The summed E-state index contributed by atoms with van der Waals surface area (Å²) < 4.78 is 6.56. The van der Waals surface area contributed by atoms with E-state index in [1.165, 1.54) is 24.2 Å². The summed E-state index contributed by atoms with van der Waals surface area (Å²) in [5, 5.41) is 4.08. The molecule has 4 heterocycles. The standard InChI is InChI=1S/C27H33N7O3S2/c1-17-13-21(37-4)20(26(36)34-11-9-32(10-12-34)19(3)35)14-22(17)38-25-16-28-27(39-25)31-23-15-24(30-18(2)29-23)33-7-5-6-8-33/h13-16H,5-12H2,1-4H3,(H,28,29,30,31). The molecule has 0 bridgehead atoms. The molecule has 2 aliphatic heterocycles. The van der Waals surface area contributed by atoms with Gasteiger partial charge in [0, 0.05) is 57.2 Å². The molecule has 39 heavy (non-hydrogen) atoms. The number of carbonyl (C=O) groups is 2. The van der Waals surface area contributed by atoms with Crippen molar-refractivity contribution in [3.05, 3.63) is 41.3 Å². The first-order valence-corrected chi connectivity index (χ1v) is 14.7. The predicted molar refractivity (Wildman–Crippen MR) is 154 cm³/mol. The molecule has 0 spiro atoms. The minimum atomic E-state index is -0.0866. The number of nitrogens with zero attached hydrogens (tertiary/aromatic N) is 6. The summed E-state index contributed by atoms with van der Waals surface area (Å²) in [6.07, 6.45) is 4.21. The van der Waals surface area contributed by atoms with Gasteiger partial charge in [0.25, 0.3) is 5.91 Å². The van der Waals surface area contributed by atoms with E-state index in [0.29, 0.717) is 37.5 Å². The third-order valence-electron chi connectivity index (χ3n) is 6.92. The molecule has 12 heteroatoms. The van der Waals surface area contributed by atoms with Gasteiger partial charge in [-0.2, -0.15) is 0 Å². The van der Waals surface area contributed by atoms with Crippen molar-refractivity contribution in [1.82, 2.24) is 24.8 Å². The van der Waals surface area contributed by atoms with Crippen LogP contribution in [0.4, 0.5) is 16.8 Å². The Balaban J connectivity index is 1.30. The largest absolute Gasteiger partial charge is 0.496 e. The number of benzene rings is 1. The lowest BCUT2D eigenvalue weighted by Gasteiger charge is -2.34. The van der Waals surface area contributed by atoms with Gasteiger partial charge in [-0.3, -0.25) is 9.59 Å². The van der Waals surface area contributed by atoms with Crippen LogP contribution in [0.3, 0.4) is 0 Å². The van der Waals surface area contributed by atoms with Crippen LogP contribution in [0.5, 0.6) is 5.75 Å². The fraction of sp³-hybridized carbons (Fsp3) is 0.444. The highest BCUT2D eigenvalue weighted by Gasteiger charge is 2.26. The number of thiazole rings is 1. The van der Waals surface area contributed by atoms with Crippen molar-refractivity contribution in [1.29, 1.82) is 0 Å². The molecular weight excluding hydrogens is 534 g/mol. The first-order valence-electron chi connectivity index (χ1n) is 13.1. The van der Waals surface area contributed by atoms with Gasteiger partial charge in [0.05, 0.1) is 23.1 Å². The second kappa shape index (κ2) is 11.8. The molecule has 3 aromatic rings. The molecular formula is C27H33N7O3S2. The van der Waals surface area contributed by atoms with Gasteiger partial charge in [-0.25, -0.2) is 15.0 Å². The summed E-state index contributed by atoms with van der Waals surface area (Å²) in [4.78, 5) is 45.6. The molecule has 2 amide bonds. The van der Waals surface area contributed by atoms with Crippen molar-refractivity contribution in [2.75, 3.05) is 56.6 Å². The number of aromatic nitrogens is 3. The Kier molecular flexibility index (Phi) is 8.22. The van der Waals surface area contributed by atoms with Gasteiger partial charge in [-0.05, 0) is 44.4 Å². The van der Waals surface area contributed by atoms with Crippen LogP contribution in [0.25, 0.3) is 0 Å². The van der Waals surface area contributed by atoms with Gasteiger partial charge in [-0.15, -0.1) is 0 Å². The predicted octanol–water partition coefficient (Wildman–Crippen LogP) is 4.36. The summed E-state index contributed by atoms with van der Waals surface area (Å²) in [5.41, 5.74) is 1.54. The second-order valence-electron chi connectivity index (χ2n) is 9.68. The first kappa shape index (κ1) is 27.2. The number of hydrogen-bond acceptors (Lipinski definition) is 10. The Morgan fingerprint density at radius 1 is 1.00 bits per heavy atom. The minimum absolute atomic E-state index is 0.0361. The SMILES string of the molecule is COc1cc(C)c(Sc2cnc(Nc3cc(N4CCCC4)nc(C)n3)s2)cc1C(=O)N1CCN(C(C)=O)CC1. The van der Waals surface area contributed by atoms with E-state index in [-0.39, 0.29) is 11.8 Å². The number of amides is 2. The molecule has 2 aliphatic rings. The number of anilines is 3. The van der Waals surface area contributed by atoms with Crippen LogP contribution in [0, 0.1) is 13.8 Å². The van der Waals surface area contributed by atoms with Crippen molar-refractivity contribution in [2.24, 2.45) is 0 Å². The monoisotopic (exact) mass is 567 g/mol. The van der Waals surface area contributed by atoms with Crippen LogP contribution in [-0.4, -0.2) is 82.9 Å². The average molecular weight is 568 g/mol. The van der Waals surface area contributed by atoms with Crippen LogP contribution in [0.1, 0.15) is 41.5 Å². The zero-order valence-corrected chi connectivity index (χ0v) is 24.3. The lowest BCUT2D eigenvalue weighted by Crippen LogP contribution is -2.50. The quantitative estimate of drug-likeness (QED) is 0.446. The molecule has 0 radical (unpaired) electrons. The Morgan fingerprint density at radius 2 is 1.72 bits per heavy atom. The summed E-state index contributed by atoms with van der Waals surface area (Å²) in [6, 6.07) is 5.79. The summed E-state index contributed by atoms with van der Waals surface area (Å²) in [6.45, 7) is 9.61. The number of nitrogens with one attached hydrogen (secondary N) is 1. The fourth-order valence-electron chi connectivity index (χ4n) is 4.81. The van der Waals surface area contributed by atoms with Crippen molar-refractivity contribution in [3.8, 4) is 5.75 Å². The molecule has 0 saturated carbocycles. The van der Waals surface area contributed by atoms with E-state index in [4.69, 9.17) is 4.74 Å². The van der Waals surface area contributed by atoms with Crippen LogP contribution in [0.2, 0.25) is 0 Å². The number of rotatable bonds is 7. The molecule has 0 aliphatic carbocycles. The van der Waals surface area contributed by atoms with Gasteiger partial charge in [-0.1, -0.05) is 23.1 Å². The topological polar surface area (TPSA) is 104 Å². The highest BCUT2D eigenvalue weighted by atomic mass is 32.2. The molecule has 10 nitrogen and oxygen atoms in total. The van der Waals surface area contributed by atoms with Gasteiger partial charge < -0.3 is 24.8 Å². The number of methoxy groups -OCH3 is 1. The molecule has 2 aromatic heterocycles. The molecule has 0 unspecified atom stereocenters. The third-order valence-corrected chi connectivity index (χ3v) is 9.10.